The van der Waals surface area contributed by atoms with Crippen LogP contribution in [0.1, 0.15) is 24.0 Å². The van der Waals surface area contributed by atoms with Crippen molar-refractivity contribution in [1.29, 1.82) is 0 Å². The average molecular weight is 481 g/mol. The van der Waals surface area contributed by atoms with Crippen LogP contribution in [0.4, 0.5) is 5.69 Å². The van der Waals surface area contributed by atoms with Crippen molar-refractivity contribution in [1.82, 2.24) is 4.31 Å². The zero-order chi connectivity index (χ0) is 23.3. The molecule has 172 valence electrons. The topological polar surface area (TPSA) is 66.5 Å². The lowest BCUT2D eigenvalue weighted by Gasteiger charge is -2.31. The van der Waals surface area contributed by atoms with E-state index in [2.05, 4.69) is 17.4 Å². The molecule has 0 aromatic heterocycles. The first-order chi connectivity index (χ1) is 15.9. The van der Waals surface area contributed by atoms with Gasteiger partial charge in [0.2, 0.25) is 15.9 Å². The minimum Gasteiger partial charge on any atom is -0.326 e. The highest BCUT2D eigenvalue weighted by atomic mass is 32.2. The van der Waals surface area contributed by atoms with E-state index in [1.165, 1.54) is 14.8 Å². The number of nitrogens with one attached hydrogen (secondary N) is 1. The summed E-state index contributed by atoms with van der Waals surface area (Å²) >= 11 is 1.77. The Kier molecular flexibility index (Phi) is 7.53. The number of benzene rings is 3. The van der Waals surface area contributed by atoms with Crippen LogP contribution in [-0.2, 0) is 20.6 Å². The van der Waals surface area contributed by atoms with Gasteiger partial charge in [-0.05, 0) is 61.7 Å². The maximum Gasteiger partial charge on any atom is 0.243 e. The molecule has 1 N–H and O–H groups in total. The fourth-order valence-electron chi connectivity index (χ4n) is 3.85. The molecule has 3 aromatic rings. The number of piperidine rings is 1. The number of hydrogen-bond donors (Lipinski definition) is 1. The van der Waals surface area contributed by atoms with E-state index in [4.69, 9.17) is 0 Å². The third-order valence-corrected chi connectivity index (χ3v) is 8.75. The van der Waals surface area contributed by atoms with Crippen LogP contribution >= 0.6 is 11.8 Å². The number of thioether (sulfide) groups is 1. The summed E-state index contributed by atoms with van der Waals surface area (Å²) < 4.78 is 27.5. The zero-order valence-corrected chi connectivity index (χ0v) is 20.2. The monoisotopic (exact) mass is 480 g/mol. The van der Waals surface area contributed by atoms with Crippen LogP contribution in [0.15, 0.2) is 88.7 Å². The second kappa shape index (κ2) is 10.5. The largest absolute Gasteiger partial charge is 0.326 e. The summed E-state index contributed by atoms with van der Waals surface area (Å²) in [5, 5.41) is 2.96. The molecule has 7 heteroatoms. The first kappa shape index (κ1) is 23.5. The fraction of sp³-hybridized carbons (Fsp3) is 0.269. The SMILES string of the molecule is Cc1ccc(S(=O)(=O)N2CCC[C@@H](C(=O)Nc3ccc(CSc4ccccc4)cc3)C2)cc1. The number of rotatable bonds is 7. The second-order valence-electron chi connectivity index (χ2n) is 8.30. The standard InChI is InChI=1S/C26H28N2O3S2/c1-20-9-15-25(16-10-20)33(30,31)28-17-5-6-22(18-28)26(29)27-23-13-11-21(12-14-23)19-32-24-7-3-2-4-8-24/h2-4,7-16,22H,5-6,17-19H2,1H3,(H,27,29)/t22-/m1/s1. The van der Waals surface area contributed by atoms with Gasteiger partial charge in [0.15, 0.2) is 0 Å². The van der Waals surface area contributed by atoms with Gasteiger partial charge in [0.1, 0.15) is 0 Å². The van der Waals surface area contributed by atoms with Crippen molar-refractivity contribution in [3.05, 3.63) is 90.0 Å². The molecule has 3 aromatic carbocycles. The Morgan fingerprint density at radius 1 is 1.00 bits per heavy atom. The average Bonchev–Trinajstić information content (AvgIpc) is 2.84. The summed E-state index contributed by atoms with van der Waals surface area (Å²) in [7, 11) is -3.60. The Morgan fingerprint density at radius 2 is 1.70 bits per heavy atom. The van der Waals surface area contributed by atoms with E-state index in [9.17, 15) is 13.2 Å². The van der Waals surface area contributed by atoms with E-state index in [1.54, 1.807) is 36.0 Å². The Morgan fingerprint density at radius 3 is 2.39 bits per heavy atom. The Bertz CT molecular complexity index is 1180. The van der Waals surface area contributed by atoms with Crippen LogP contribution in [0.3, 0.4) is 0 Å². The van der Waals surface area contributed by atoms with Crippen molar-refractivity contribution >= 4 is 33.4 Å². The zero-order valence-electron chi connectivity index (χ0n) is 18.6. The minimum absolute atomic E-state index is 0.134. The summed E-state index contributed by atoms with van der Waals surface area (Å²) in [6.45, 7) is 2.56. The first-order valence-corrected chi connectivity index (χ1v) is 13.5. The second-order valence-corrected chi connectivity index (χ2v) is 11.3. The molecule has 1 amide bonds. The molecule has 1 fully saturated rings. The Labute approximate surface area is 200 Å². The Balaban J connectivity index is 1.34. The molecule has 0 aliphatic carbocycles. The van der Waals surface area contributed by atoms with Gasteiger partial charge in [-0.15, -0.1) is 11.8 Å². The number of carbonyl (C=O) groups is 1. The summed E-state index contributed by atoms with van der Waals surface area (Å²) in [4.78, 5) is 14.4. The summed E-state index contributed by atoms with van der Waals surface area (Å²) in [5.41, 5.74) is 2.91. The number of sulfonamides is 1. The van der Waals surface area contributed by atoms with E-state index in [-0.39, 0.29) is 23.3 Å². The lowest BCUT2D eigenvalue weighted by atomic mass is 9.98. The van der Waals surface area contributed by atoms with Gasteiger partial charge in [0.25, 0.3) is 0 Å². The molecule has 1 atom stereocenters. The van der Waals surface area contributed by atoms with Gasteiger partial charge < -0.3 is 5.32 Å². The molecule has 0 bridgehead atoms. The summed E-state index contributed by atoms with van der Waals surface area (Å²) in [6.07, 6.45) is 1.34. The van der Waals surface area contributed by atoms with Crippen molar-refractivity contribution in [2.24, 2.45) is 5.92 Å². The van der Waals surface area contributed by atoms with Crippen molar-refractivity contribution in [2.75, 3.05) is 18.4 Å². The number of aryl methyl sites for hydroxylation is 1. The lowest BCUT2D eigenvalue weighted by Crippen LogP contribution is -2.43. The number of hydrogen-bond acceptors (Lipinski definition) is 4. The van der Waals surface area contributed by atoms with Crippen LogP contribution in [0.5, 0.6) is 0 Å². The third-order valence-electron chi connectivity index (χ3n) is 5.78. The molecular weight excluding hydrogens is 452 g/mol. The van der Waals surface area contributed by atoms with Crippen molar-refractivity contribution < 1.29 is 13.2 Å². The van der Waals surface area contributed by atoms with Crippen molar-refractivity contribution in [3.8, 4) is 0 Å². The van der Waals surface area contributed by atoms with Gasteiger partial charge in [-0.1, -0.05) is 48.0 Å². The first-order valence-electron chi connectivity index (χ1n) is 11.1. The summed E-state index contributed by atoms with van der Waals surface area (Å²) in [5.74, 6) is 0.352. The number of nitrogens with zero attached hydrogens (tertiary/aromatic N) is 1. The highest BCUT2D eigenvalue weighted by Crippen LogP contribution is 2.26. The van der Waals surface area contributed by atoms with E-state index in [0.717, 1.165) is 17.0 Å². The van der Waals surface area contributed by atoms with Gasteiger partial charge in [0, 0.05) is 29.4 Å². The normalized spacial score (nSPS) is 16.9. The van der Waals surface area contributed by atoms with Crippen LogP contribution in [-0.4, -0.2) is 31.7 Å². The molecule has 5 nitrogen and oxygen atoms in total. The molecule has 0 saturated carbocycles. The Hall–Kier alpha value is -2.61. The molecule has 0 unspecified atom stereocenters. The highest BCUT2D eigenvalue weighted by Gasteiger charge is 2.33. The van der Waals surface area contributed by atoms with Gasteiger partial charge in [0.05, 0.1) is 10.8 Å². The highest BCUT2D eigenvalue weighted by molar-refractivity contribution is 7.98. The van der Waals surface area contributed by atoms with Gasteiger partial charge >= 0.3 is 0 Å². The molecule has 1 aliphatic heterocycles. The predicted molar refractivity (Wildman–Crippen MR) is 134 cm³/mol. The van der Waals surface area contributed by atoms with Crippen molar-refractivity contribution in [3.63, 3.8) is 0 Å². The number of carbonyl (C=O) groups excluding carboxylic acids is 1. The van der Waals surface area contributed by atoms with E-state index in [0.29, 0.717) is 19.4 Å². The molecule has 4 rings (SSSR count). The molecule has 0 spiro atoms. The quantitative estimate of drug-likeness (QED) is 0.465. The van der Waals surface area contributed by atoms with Crippen LogP contribution in [0, 0.1) is 12.8 Å². The predicted octanol–water partition coefficient (Wildman–Crippen LogP) is 5.33. The van der Waals surface area contributed by atoms with Crippen LogP contribution < -0.4 is 5.32 Å². The molecule has 1 aliphatic rings. The van der Waals surface area contributed by atoms with E-state index < -0.39 is 10.0 Å². The molecule has 1 saturated heterocycles. The smallest absolute Gasteiger partial charge is 0.243 e. The number of amides is 1. The van der Waals surface area contributed by atoms with E-state index >= 15 is 0 Å². The molecule has 1 heterocycles. The fourth-order valence-corrected chi connectivity index (χ4v) is 6.25. The third kappa shape index (κ3) is 6.05. The minimum atomic E-state index is -3.60. The van der Waals surface area contributed by atoms with Crippen LogP contribution in [0.25, 0.3) is 0 Å². The maximum absolute atomic E-state index is 13.0. The van der Waals surface area contributed by atoms with E-state index in [1.807, 2.05) is 49.4 Å². The molecule has 33 heavy (non-hydrogen) atoms. The number of anilines is 1. The maximum atomic E-state index is 13.0. The summed E-state index contributed by atoms with van der Waals surface area (Å²) in [6, 6.07) is 24.9. The molecule has 0 radical (unpaired) electrons. The van der Waals surface area contributed by atoms with Gasteiger partial charge in [-0.2, -0.15) is 4.31 Å². The molecular formula is C26H28N2O3S2. The lowest BCUT2D eigenvalue weighted by molar-refractivity contribution is -0.120. The van der Waals surface area contributed by atoms with Gasteiger partial charge in [-0.25, -0.2) is 8.42 Å². The van der Waals surface area contributed by atoms with Crippen LogP contribution in [0.2, 0.25) is 0 Å². The van der Waals surface area contributed by atoms with Gasteiger partial charge in [-0.3, -0.25) is 4.79 Å². The van der Waals surface area contributed by atoms with Crippen molar-refractivity contribution in [2.45, 2.75) is 35.3 Å².